The van der Waals surface area contributed by atoms with Crippen LogP contribution in [0.25, 0.3) is 0 Å². The molecule has 4 nitrogen and oxygen atoms in total. The van der Waals surface area contributed by atoms with Crippen LogP contribution in [-0.2, 0) is 0 Å². The van der Waals surface area contributed by atoms with E-state index in [-0.39, 0.29) is 11.5 Å². The van der Waals surface area contributed by atoms with Crippen LogP contribution in [0.1, 0.15) is 29.8 Å². The second kappa shape index (κ2) is 9.64. The molecule has 1 N–H and O–H groups in total. The lowest BCUT2D eigenvalue weighted by Gasteiger charge is -2.11. The zero-order valence-corrected chi connectivity index (χ0v) is 14.2. The van der Waals surface area contributed by atoms with Gasteiger partial charge in [0.2, 0.25) is 0 Å². The van der Waals surface area contributed by atoms with Crippen molar-refractivity contribution in [1.29, 1.82) is 0 Å². The monoisotopic (exact) mass is 315 g/mol. The van der Waals surface area contributed by atoms with Gasteiger partial charge in [-0.1, -0.05) is 13.8 Å². The lowest BCUT2D eigenvalue weighted by molar-refractivity contribution is 0.103. The minimum atomic E-state index is -0.0742. The summed E-state index contributed by atoms with van der Waals surface area (Å²) in [6, 6.07) is 13.3. The van der Waals surface area contributed by atoms with E-state index < -0.39 is 0 Å². The number of carbonyl (C=O) groups is 1. The molecule has 0 radical (unpaired) electrons. The summed E-state index contributed by atoms with van der Waals surface area (Å²) in [4.78, 5) is 14.3. The van der Waals surface area contributed by atoms with Gasteiger partial charge in [0, 0.05) is 17.7 Å². The Labute approximate surface area is 138 Å². The maximum absolute atomic E-state index is 12.2. The number of nitrogens with zero attached hydrogens (tertiary/aromatic N) is 1. The second-order valence-corrected chi connectivity index (χ2v) is 5.05. The zero-order chi connectivity index (χ0) is 17.2. The predicted molar refractivity (Wildman–Crippen MR) is 93.4 cm³/mol. The van der Waals surface area contributed by atoms with E-state index in [0.717, 1.165) is 12.3 Å². The molecule has 0 unspecified atom stereocenters. The number of phenolic OH excluding ortho intramolecular Hbond substituents is 1. The van der Waals surface area contributed by atoms with E-state index in [1.165, 1.54) is 12.1 Å². The third-order valence-electron chi connectivity index (χ3n) is 3.05. The van der Waals surface area contributed by atoms with Gasteiger partial charge in [-0.2, -0.15) is 0 Å². The van der Waals surface area contributed by atoms with Crippen LogP contribution < -0.4 is 4.74 Å². The molecule has 2 aromatic rings. The lowest BCUT2D eigenvalue weighted by atomic mass is 10.0. The smallest absolute Gasteiger partial charge is 0.193 e. The lowest BCUT2D eigenvalue weighted by Crippen LogP contribution is -2.19. The first-order chi connectivity index (χ1) is 11.1. The van der Waals surface area contributed by atoms with Crippen molar-refractivity contribution in [3.05, 3.63) is 59.7 Å². The molecule has 0 spiro atoms. The predicted octanol–water partition coefficient (Wildman–Crippen LogP) is 3.59. The number of benzene rings is 2. The molecule has 0 aromatic heterocycles. The number of rotatable bonds is 6. The maximum Gasteiger partial charge on any atom is 0.193 e. The molecule has 0 bridgehead atoms. The number of hydrogen-bond acceptors (Lipinski definition) is 4. The van der Waals surface area contributed by atoms with Crippen LogP contribution in [-0.4, -0.2) is 43.0 Å². The molecule has 0 aliphatic rings. The van der Waals surface area contributed by atoms with Gasteiger partial charge in [-0.05, 0) is 62.6 Å². The highest BCUT2D eigenvalue weighted by Crippen LogP contribution is 2.17. The molecule has 2 rings (SSSR count). The summed E-state index contributed by atoms with van der Waals surface area (Å²) in [6.07, 6.45) is 0. The molecule has 0 aliphatic heterocycles. The van der Waals surface area contributed by atoms with E-state index in [9.17, 15) is 9.90 Å². The van der Waals surface area contributed by atoms with Gasteiger partial charge in [-0.15, -0.1) is 0 Å². The Morgan fingerprint density at radius 1 is 0.957 bits per heavy atom. The Morgan fingerprint density at radius 3 is 1.91 bits per heavy atom. The number of hydrogen-bond donors (Lipinski definition) is 1. The van der Waals surface area contributed by atoms with Gasteiger partial charge in [0.1, 0.15) is 18.1 Å². The van der Waals surface area contributed by atoms with Crippen molar-refractivity contribution < 1.29 is 14.6 Å². The Hall–Kier alpha value is -2.33. The van der Waals surface area contributed by atoms with E-state index in [1.807, 2.05) is 32.8 Å². The van der Waals surface area contributed by atoms with Crippen molar-refractivity contribution in [1.82, 2.24) is 4.90 Å². The molecule has 2 aromatic carbocycles. The number of phenols is 1. The molecule has 0 saturated carbocycles. The van der Waals surface area contributed by atoms with E-state index in [2.05, 4.69) is 0 Å². The van der Waals surface area contributed by atoms with Crippen molar-refractivity contribution in [3.8, 4) is 11.5 Å². The molecule has 0 heterocycles. The summed E-state index contributed by atoms with van der Waals surface area (Å²) in [5.74, 6) is 0.824. The van der Waals surface area contributed by atoms with Gasteiger partial charge >= 0.3 is 0 Å². The molecule has 0 fully saturated rings. The zero-order valence-electron chi connectivity index (χ0n) is 14.2. The fourth-order valence-corrected chi connectivity index (χ4v) is 1.83. The molecule has 0 amide bonds. The molecule has 0 atom stereocenters. The Kier molecular flexibility index (Phi) is 7.84. The first kappa shape index (κ1) is 18.7. The van der Waals surface area contributed by atoms with E-state index in [0.29, 0.717) is 17.7 Å². The average molecular weight is 315 g/mol. The largest absolute Gasteiger partial charge is 0.508 e. The fraction of sp³-hybridized carbons (Fsp3) is 0.316. The van der Waals surface area contributed by atoms with Crippen molar-refractivity contribution in [3.63, 3.8) is 0 Å². The summed E-state index contributed by atoms with van der Waals surface area (Å²) in [6.45, 7) is 5.45. The van der Waals surface area contributed by atoms with E-state index >= 15 is 0 Å². The standard InChI is InChI=1S/C17H19NO3.C2H6/c1-18(2)11-12-21-16-9-5-14(6-10-16)17(20)13-3-7-15(19)8-4-13;1-2/h3-10,19H,11-12H2,1-2H3;1-2H3. The van der Waals surface area contributed by atoms with Gasteiger partial charge in [0.15, 0.2) is 5.78 Å². The first-order valence-corrected chi connectivity index (χ1v) is 7.77. The Balaban J connectivity index is 0.00000127. The van der Waals surface area contributed by atoms with Crippen molar-refractivity contribution >= 4 is 5.78 Å². The van der Waals surface area contributed by atoms with Crippen LogP contribution in [0, 0.1) is 0 Å². The first-order valence-electron chi connectivity index (χ1n) is 7.77. The van der Waals surface area contributed by atoms with Gasteiger partial charge in [-0.3, -0.25) is 4.79 Å². The van der Waals surface area contributed by atoms with E-state index in [4.69, 9.17) is 4.74 Å². The van der Waals surface area contributed by atoms with Gasteiger partial charge in [-0.25, -0.2) is 0 Å². The summed E-state index contributed by atoms with van der Waals surface area (Å²) in [5.41, 5.74) is 1.15. The number of likely N-dealkylation sites (N-methyl/N-ethyl adjacent to an activating group) is 1. The molecule has 0 saturated heterocycles. The van der Waals surface area contributed by atoms with Gasteiger partial charge < -0.3 is 14.7 Å². The highest BCUT2D eigenvalue weighted by Gasteiger charge is 2.09. The molecular formula is C19H25NO3. The fourth-order valence-electron chi connectivity index (χ4n) is 1.83. The number of ether oxygens (including phenoxy) is 1. The third kappa shape index (κ3) is 6.12. The number of ketones is 1. The molecule has 0 aliphatic carbocycles. The highest BCUT2D eigenvalue weighted by atomic mass is 16.5. The number of aromatic hydroxyl groups is 1. The summed E-state index contributed by atoms with van der Waals surface area (Å²) >= 11 is 0. The van der Waals surface area contributed by atoms with Gasteiger partial charge in [0.05, 0.1) is 0 Å². The molecule has 124 valence electrons. The van der Waals surface area contributed by atoms with Crippen LogP contribution in [0.15, 0.2) is 48.5 Å². The highest BCUT2D eigenvalue weighted by molar-refractivity contribution is 6.09. The Bertz CT molecular complexity index is 589. The minimum Gasteiger partial charge on any atom is -0.508 e. The van der Waals surface area contributed by atoms with Crippen LogP contribution in [0.2, 0.25) is 0 Å². The normalized spacial score (nSPS) is 9.96. The SMILES string of the molecule is CC.CN(C)CCOc1ccc(C(=O)c2ccc(O)cc2)cc1. The Morgan fingerprint density at radius 2 is 1.43 bits per heavy atom. The quantitative estimate of drug-likeness (QED) is 0.828. The summed E-state index contributed by atoms with van der Waals surface area (Å²) in [7, 11) is 3.98. The molecule has 23 heavy (non-hydrogen) atoms. The summed E-state index contributed by atoms with van der Waals surface area (Å²) < 4.78 is 5.59. The molecular weight excluding hydrogens is 290 g/mol. The van der Waals surface area contributed by atoms with Crippen LogP contribution >= 0.6 is 0 Å². The van der Waals surface area contributed by atoms with Gasteiger partial charge in [0.25, 0.3) is 0 Å². The van der Waals surface area contributed by atoms with E-state index in [1.54, 1.807) is 36.4 Å². The van der Waals surface area contributed by atoms with Crippen LogP contribution in [0.3, 0.4) is 0 Å². The van der Waals surface area contributed by atoms with Crippen molar-refractivity contribution in [2.24, 2.45) is 0 Å². The second-order valence-electron chi connectivity index (χ2n) is 5.05. The van der Waals surface area contributed by atoms with Crippen LogP contribution in [0.4, 0.5) is 0 Å². The van der Waals surface area contributed by atoms with Crippen molar-refractivity contribution in [2.45, 2.75) is 13.8 Å². The topological polar surface area (TPSA) is 49.8 Å². The molecule has 4 heteroatoms. The van der Waals surface area contributed by atoms with Crippen LogP contribution in [0.5, 0.6) is 11.5 Å². The summed E-state index contributed by atoms with van der Waals surface area (Å²) in [5, 5.41) is 9.24. The number of carbonyl (C=O) groups excluding carboxylic acids is 1. The average Bonchev–Trinajstić information content (AvgIpc) is 2.57. The maximum atomic E-state index is 12.2. The minimum absolute atomic E-state index is 0.0742. The third-order valence-corrected chi connectivity index (χ3v) is 3.05. The van der Waals surface area contributed by atoms with Crippen molar-refractivity contribution in [2.75, 3.05) is 27.2 Å².